The molecule has 0 radical (unpaired) electrons. The molecule has 0 aliphatic rings. The molecule has 1 aromatic carbocycles. The van der Waals surface area contributed by atoms with E-state index in [4.69, 9.17) is 4.74 Å². The summed E-state index contributed by atoms with van der Waals surface area (Å²) in [5.41, 5.74) is 1.04. The van der Waals surface area contributed by atoms with E-state index < -0.39 is 22.0 Å². The summed E-state index contributed by atoms with van der Waals surface area (Å²) >= 11 is 0. The van der Waals surface area contributed by atoms with Gasteiger partial charge in [-0.1, -0.05) is 38.7 Å². The Morgan fingerprint density at radius 3 is 2.54 bits per heavy atom. The first-order valence-corrected chi connectivity index (χ1v) is 11.1. The Balaban J connectivity index is 1.82. The Morgan fingerprint density at radius 1 is 1.11 bits per heavy atom. The third-order valence-electron chi connectivity index (χ3n) is 4.48. The van der Waals surface area contributed by atoms with Crippen LogP contribution in [0.1, 0.15) is 51.1 Å². The molecule has 0 fully saturated rings. The van der Waals surface area contributed by atoms with Crippen LogP contribution in [0.3, 0.4) is 0 Å². The second-order valence-electron chi connectivity index (χ2n) is 6.72. The van der Waals surface area contributed by atoms with E-state index in [0.717, 1.165) is 44.2 Å². The van der Waals surface area contributed by atoms with E-state index >= 15 is 0 Å². The van der Waals surface area contributed by atoms with Crippen LogP contribution in [-0.2, 0) is 22.0 Å². The SMILES string of the molecule is CCCCCCC(C(=O)O)S(=O)c1ccc(OCCCc2ccccn2)cc1. The van der Waals surface area contributed by atoms with Crippen molar-refractivity contribution in [3.05, 3.63) is 54.4 Å². The van der Waals surface area contributed by atoms with E-state index in [1.165, 1.54) is 0 Å². The first-order chi connectivity index (χ1) is 13.6. The lowest BCUT2D eigenvalue weighted by Gasteiger charge is -2.13. The Labute approximate surface area is 169 Å². The van der Waals surface area contributed by atoms with E-state index in [9.17, 15) is 14.1 Å². The number of ether oxygens (including phenoxy) is 1. The van der Waals surface area contributed by atoms with E-state index in [0.29, 0.717) is 23.7 Å². The van der Waals surface area contributed by atoms with Crippen molar-refractivity contribution in [3.63, 3.8) is 0 Å². The molecule has 1 heterocycles. The highest BCUT2D eigenvalue weighted by Crippen LogP contribution is 2.20. The second kappa shape index (κ2) is 12.3. The average Bonchev–Trinajstić information content (AvgIpc) is 2.72. The highest BCUT2D eigenvalue weighted by molar-refractivity contribution is 7.86. The number of aryl methyl sites for hydroxylation is 1. The highest BCUT2D eigenvalue weighted by Gasteiger charge is 2.25. The standard InChI is InChI=1S/C22H29NO4S/c1-2-3-4-5-11-21(22(24)25)28(26)20-14-12-19(13-15-20)27-17-8-10-18-9-6-7-16-23-18/h6-7,9,12-16,21H,2-5,8,10-11,17H2,1H3,(H,24,25). The van der Waals surface area contributed by atoms with E-state index in [1.54, 1.807) is 30.5 Å². The van der Waals surface area contributed by atoms with Crippen LogP contribution < -0.4 is 4.74 Å². The van der Waals surface area contributed by atoms with Crippen molar-refractivity contribution >= 4 is 16.8 Å². The molecule has 0 aliphatic heterocycles. The Kier molecular flexibility index (Phi) is 9.69. The minimum atomic E-state index is -1.56. The number of rotatable bonds is 13. The fourth-order valence-corrected chi connectivity index (χ4v) is 4.20. The minimum absolute atomic E-state index is 0.438. The summed E-state index contributed by atoms with van der Waals surface area (Å²) in [6, 6.07) is 12.8. The summed E-state index contributed by atoms with van der Waals surface area (Å²) in [5.74, 6) is -0.304. The summed E-state index contributed by atoms with van der Waals surface area (Å²) < 4.78 is 18.4. The van der Waals surface area contributed by atoms with E-state index in [2.05, 4.69) is 11.9 Å². The van der Waals surface area contributed by atoms with E-state index in [1.807, 2.05) is 18.2 Å². The maximum Gasteiger partial charge on any atom is 0.319 e. The molecule has 0 amide bonds. The van der Waals surface area contributed by atoms with Gasteiger partial charge in [-0.15, -0.1) is 0 Å². The predicted molar refractivity (Wildman–Crippen MR) is 111 cm³/mol. The monoisotopic (exact) mass is 403 g/mol. The molecule has 152 valence electrons. The van der Waals surface area contributed by atoms with Crippen molar-refractivity contribution in [1.29, 1.82) is 0 Å². The number of hydrogen-bond donors (Lipinski definition) is 1. The van der Waals surface area contributed by atoms with Crippen molar-refractivity contribution in [2.45, 2.75) is 62.0 Å². The van der Waals surface area contributed by atoms with Gasteiger partial charge < -0.3 is 9.84 Å². The normalized spacial score (nSPS) is 13.0. The van der Waals surface area contributed by atoms with Gasteiger partial charge in [-0.2, -0.15) is 0 Å². The third-order valence-corrected chi connectivity index (χ3v) is 6.17. The van der Waals surface area contributed by atoms with Gasteiger partial charge in [0.25, 0.3) is 0 Å². The summed E-state index contributed by atoms with van der Waals surface area (Å²) in [7, 11) is -1.56. The zero-order valence-electron chi connectivity index (χ0n) is 16.4. The van der Waals surface area contributed by atoms with Crippen LogP contribution in [0.15, 0.2) is 53.6 Å². The lowest BCUT2D eigenvalue weighted by atomic mass is 10.1. The average molecular weight is 404 g/mol. The van der Waals surface area contributed by atoms with Gasteiger partial charge in [-0.05, 0) is 55.7 Å². The van der Waals surface area contributed by atoms with Crippen molar-refractivity contribution in [1.82, 2.24) is 4.98 Å². The largest absolute Gasteiger partial charge is 0.494 e. The molecule has 28 heavy (non-hydrogen) atoms. The van der Waals surface area contributed by atoms with Crippen molar-refractivity contribution in [3.8, 4) is 5.75 Å². The number of carboxylic acids is 1. The zero-order chi connectivity index (χ0) is 20.2. The number of carboxylic acid groups (broad SMARTS) is 1. The van der Waals surface area contributed by atoms with Crippen LogP contribution in [0.5, 0.6) is 5.75 Å². The van der Waals surface area contributed by atoms with Gasteiger partial charge in [0.15, 0.2) is 0 Å². The maximum absolute atomic E-state index is 12.7. The van der Waals surface area contributed by atoms with Crippen LogP contribution in [0.25, 0.3) is 0 Å². The molecule has 6 heteroatoms. The van der Waals surface area contributed by atoms with Gasteiger partial charge in [0.05, 0.1) is 17.4 Å². The first kappa shape index (κ1) is 22.1. The molecule has 0 saturated heterocycles. The zero-order valence-corrected chi connectivity index (χ0v) is 17.2. The molecular weight excluding hydrogens is 374 g/mol. The van der Waals surface area contributed by atoms with E-state index in [-0.39, 0.29) is 0 Å². The minimum Gasteiger partial charge on any atom is -0.494 e. The van der Waals surface area contributed by atoms with Crippen molar-refractivity contribution < 1.29 is 18.8 Å². The number of unbranched alkanes of at least 4 members (excludes halogenated alkanes) is 3. The molecule has 2 aromatic rings. The Hall–Kier alpha value is -2.21. The Morgan fingerprint density at radius 2 is 1.89 bits per heavy atom. The van der Waals surface area contributed by atoms with Gasteiger partial charge in [0.1, 0.15) is 11.0 Å². The summed E-state index contributed by atoms with van der Waals surface area (Å²) in [5, 5.41) is 8.57. The third kappa shape index (κ3) is 7.43. The summed E-state index contributed by atoms with van der Waals surface area (Å²) in [6.07, 6.45) is 7.84. The molecule has 0 saturated carbocycles. The summed E-state index contributed by atoms with van der Waals surface area (Å²) in [6.45, 7) is 2.67. The number of hydrogen-bond acceptors (Lipinski definition) is 4. The molecule has 0 bridgehead atoms. The van der Waals surface area contributed by atoms with Crippen LogP contribution in [0.4, 0.5) is 0 Å². The fraction of sp³-hybridized carbons (Fsp3) is 0.455. The molecule has 5 nitrogen and oxygen atoms in total. The topological polar surface area (TPSA) is 76.5 Å². The fourth-order valence-electron chi connectivity index (χ4n) is 2.90. The lowest BCUT2D eigenvalue weighted by Crippen LogP contribution is -2.25. The van der Waals surface area contributed by atoms with Gasteiger partial charge in [0.2, 0.25) is 0 Å². The maximum atomic E-state index is 12.7. The number of benzene rings is 1. The van der Waals surface area contributed by atoms with Crippen LogP contribution in [0, 0.1) is 0 Å². The molecule has 2 rings (SSSR count). The number of nitrogens with zero attached hydrogens (tertiary/aromatic N) is 1. The molecular formula is C22H29NO4S. The van der Waals surface area contributed by atoms with Crippen molar-refractivity contribution in [2.75, 3.05) is 6.61 Å². The van der Waals surface area contributed by atoms with Gasteiger partial charge in [-0.3, -0.25) is 14.0 Å². The molecule has 0 spiro atoms. The quantitative estimate of drug-likeness (QED) is 0.494. The van der Waals surface area contributed by atoms with Crippen LogP contribution in [0.2, 0.25) is 0 Å². The predicted octanol–water partition coefficient (Wildman–Crippen LogP) is 4.62. The summed E-state index contributed by atoms with van der Waals surface area (Å²) in [4.78, 5) is 16.3. The van der Waals surface area contributed by atoms with Gasteiger partial charge in [0, 0.05) is 16.8 Å². The highest BCUT2D eigenvalue weighted by atomic mass is 32.2. The smallest absolute Gasteiger partial charge is 0.319 e. The molecule has 0 aliphatic carbocycles. The molecule has 2 atom stereocenters. The van der Waals surface area contributed by atoms with Crippen LogP contribution >= 0.6 is 0 Å². The molecule has 1 aromatic heterocycles. The number of carbonyl (C=O) groups is 1. The molecule has 1 N–H and O–H groups in total. The van der Waals surface area contributed by atoms with Crippen LogP contribution in [-0.4, -0.2) is 32.1 Å². The number of pyridine rings is 1. The van der Waals surface area contributed by atoms with Crippen molar-refractivity contribution in [2.24, 2.45) is 0 Å². The lowest BCUT2D eigenvalue weighted by molar-refractivity contribution is -0.136. The van der Waals surface area contributed by atoms with Gasteiger partial charge in [-0.25, -0.2) is 0 Å². The second-order valence-corrected chi connectivity index (χ2v) is 8.35. The Bertz CT molecular complexity index is 734. The van der Waals surface area contributed by atoms with Gasteiger partial charge >= 0.3 is 5.97 Å². The number of aromatic nitrogens is 1. The number of aliphatic carboxylic acids is 1. The molecule has 2 unspecified atom stereocenters. The first-order valence-electron chi connectivity index (χ1n) is 9.88.